The van der Waals surface area contributed by atoms with Crippen molar-refractivity contribution < 1.29 is 87.5 Å². The highest BCUT2D eigenvalue weighted by Crippen LogP contribution is 2.24. The van der Waals surface area contributed by atoms with E-state index < -0.39 is 193 Å². The van der Waals surface area contributed by atoms with Crippen molar-refractivity contribution in [2.24, 2.45) is 28.7 Å². The Morgan fingerprint density at radius 2 is 1.02 bits per heavy atom. The maximum absolute atomic E-state index is 14.4. The second-order valence-corrected chi connectivity index (χ2v) is 26.1. The fraction of sp³-hybridized carbons (Fsp3) is 0.621. The lowest BCUT2D eigenvalue weighted by atomic mass is 10.0. The van der Waals surface area contributed by atoms with Crippen LogP contribution in [0.25, 0.3) is 0 Å². The van der Waals surface area contributed by atoms with Crippen LogP contribution >= 0.6 is 0 Å². The Bertz CT molecular complexity index is 3330. The maximum atomic E-state index is 14.4. The molecule has 2 aromatic rings. The molecule has 0 unspecified atom stereocenters. The number of aliphatic hydroxyl groups is 2. The number of hydrogen-bond donors (Lipinski definition) is 24. The van der Waals surface area contributed by atoms with E-state index >= 15 is 0 Å². The lowest BCUT2D eigenvalue weighted by molar-refractivity contribution is -0.146. The number of benzene rings is 1. The third-order valence-electron chi connectivity index (χ3n) is 17.6. The quantitative estimate of drug-likeness (QED) is 0.0166. The standard InChI is InChI=1S/C66H107N23O18/c1-36(90)52(61(103)87-53(37(2)91)63(105)89-29-13-21-48(89)59(101)83-43(17-6-8-24-67)62(104)88-28-12-20-47(88)60(102)84-44(64(106)107)18-7-9-25-68)86-50(93)34-77-55(97)42(22-23-51(94)95)82-57(99)41(19-11-27-76-66(72)73)81-58(100)45(30-38-14-4-3-5-15-38)80-49(92)33-78-56(98)46(31-39-32-74-35-79-39)85-54(96)40(69)16-10-26-75-65(70)71/h3-5,14-15,32,35-37,40-48,52-53,90-91H,6-13,16-31,33-34,67-69H2,1-2H3,(H,74,79)(H,77,97)(H,78,98)(H,80,92)(H,81,100)(H,82,99)(H,83,101)(H,84,102)(H,85,96)(H,86,93)(H,87,103)(H,94,95)(H,106,107)(H4,70,71,75)(H4,72,73,76)/t36-,37-,40+,41+,42+,43+,44+,45+,46+,47+,48+,52+,53+/m1/s1. The number of aromatic nitrogens is 2. The van der Waals surface area contributed by atoms with Gasteiger partial charge in [0.05, 0.1) is 43.4 Å². The highest BCUT2D eigenvalue weighted by Gasteiger charge is 2.44. The van der Waals surface area contributed by atoms with Gasteiger partial charge in [0.2, 0.25) is 70.9 Å². The maximum Gasteiger partial charge on any atom is 0.326 e. The zero-order valence-electron chi connectivity index (χ0n) is 60.2. The van der Waals surface area contributed by atoms with Gasteiger partial charge in [-0.1, -0.05) is 30.3 Å². The Morgan fingerprint density at radius 3 is 1.54 bits per heavy atom. The zero-order chi connectivity index (χ0) is 79.3. The Hall–Kier alpha value is -10.6. The van der Waals surface area contributed by atoms with Gasteiger partial charge < -0.3 is 128 Å². The monoisotopic (exact) mass is 1510 g/mol. The highest BCUT2D eigenvalue weighted by atomic mass is 16.4. The number of aliphatic hydroxyl groups excluding tert-OH is 2. The smallest absolute Gasteiger partial charge is 0.326 e. The van der Waals surface area contributed by atoms with Gasteiger partial charge >= 0.3 is 11.9 Å². The molecule has 107 heavy (non-hydrogen) atoms. The zero-order valence-corrected chi connectivity index (χ0v) is 60.2. The molecule has 1 aromatic carbocycles. The second kappa shape index (κ2) is 46.3. The summed E-state index contributed by atoms with van der Waals surface area (Å²) < 4.78 is 0. The topological polar surface area (TPSA) is 677 Å². The third-order valence-corrected chi connectivity index (χ3v) is 17.6. The van der Waals surface area contributed by atoms with E-state index in [9.17, 15) is 87.5 Å². The summed E-state index contributed by atoms with van der Waals surface area (Å²) in [6.07, 6.45) is 0.899. The number of amides is 12. The molecule has 0 saturated carbocycles. The van der Waals surface area contributed by atoms with E-state index in [-0.39, 0.29) is 103 Å². The van der Waals surface area contributed by atoms with E-state index in [0.29, 0.717) is 56.3 Å². The first-order chi connectivity index (χ1) is 50.8. The van der Waals surface area contributed by atoms with Crippen molar-refractivity contribution in [3.8, 4) is 0 Å². The summed E-state index contributed by atoms with van der Waals surface area (Å²) in [6.45, 7) is 1.36. The molecule has 0 bridgehead atoms. The number of guanidine groups is 2. The molecule has 594 valence electrons. The summed E-state index contributed by atoms with van der Waals surface area (Å²) >= 11 is 0. The summed E-state index contributed by atoms with van der Waals surface area (Å²) in [6, 6.07) is -7.41. The van der Waals surface area contributed by atoms with Crippen LogP contribution in [-0.4, -0.2) is 266 Å². The lowest BCUT2D eigenvalue weighted by Crippen LogP contribution is -2.62. The van der Waals surface area contributed by atoms with Gasteiger partial charge in [-0.15, -0.1) is 0 Å². The van der Waals surface area contributed by atoms with Gasteiger partial charge in [-0.3, -0.25) is 73.1 Å². The number of imidazole rings is 1. The van der Waals surface area contributed by atoms with Crippen LogP contribution in [0.2, 0.25) is 0 Å². The number of hydrogen-bond acceptors (Lipinski definition) is 22. The number of rotatable bonds is 48. The SMILES string of the molecule is C[C@@H](O)[C@H](NC(=O)CNC(=O)[C@H](CCC(=O)O)NC(=O)[C@H](CCCNC(=N)N)NC(=O)[C@H](Cc1ccccc1)NC(=O)CNC(=O)[C@H](Cc1c[nH]cn1)NC(=O)[C@@H](N)CCCNC(=N)N)C(=O)N[C@H](C(=O)N1CCC[C@H]1C(=O)N[C@@H](CCCCN)C(=O)N1CCC[C@H]1C(=O)N[C@@H](CCCCN)C(=O)O)[C@@H](C)O. The number of nitrogens with two attached hydrogens (primary N) is 5. The van der Waals surface area contributed by atoms with Crippen molar-refractivity contribution in [2.75, 3.05) is 52.4 Å². The van der Waals surface area contributed by atoms with Crippen LogP contribution in [0.3, 0.4) is 0 Å². The molecular formula is C66H107N23O18. The first-order valence-electron chi connectivity index (χ1n) is 35.6. The van der Waals surface area contributed by atoms with E-state index in [1.807, 2.05) is 0 Å². The molecule has 41 heteroatoms. The first-order valence-corrected chi connectivity index (χ1v) is 35.6. The molecule has 3 heterocycles. The molecule has 1 aromatic heterocycles. The van der Waals surface area contributed by atoms with Crippen molar-refractivity contribution >= 4 is 94.7 Å². The van der Waals surface area contributed by atoms with Gasteiger partial charge in [0.15, 0.2) is 11.9 Å². The number of carboxylic acids is 2. The molecule has 2 saturated heterocycles. The fourth-order valence-corrected chi connectivity index (χ4v) is 11.8. The van der Waals surface area contributed by atoms with Crippen molar-refractivity contribution in [2.45, 2.75) is 208 Å². The molecule has 2 aliphatic rings. The summed E-state index contributed by atoms with van der Waals surface area (Å²) in [5.41, 5.74) is 29.1. The van der Waals surface area contributed by atoms with Crippen LogP contribution in [-0.2, 0) is 80.0 Å². The van der Waals surface area contributed by atoms with Crippen LogP contribution in [0, 0.1) is 10.8 Å². The van der Waals surface area contributed by atoms with E-state index in [4.69, 9.17) is 39.5 Å². The van der Waals surface area contributed by atoms with Crippen molar-refractivity contribution in [3.05, 3.63) is 54.1 Å². The molecule has 0 spiro atoms. The minimum absolute atomic E-state index is 0.0201. The van der Waals surface area contributed by atoms with E-state index in [2.05, 4.69) is 73.8 Å². The Morgan fingerprint density at radius 1 is 0.533 bits per heavy atom. The Balaban J connectivity index is 1.47. The van der Waals surface area contributed by atoms with Crippen LogP contribution in [0.15, 0.2) is 42.9 Å². The molecule has 0 radical (unpaired) electrons. The van der Waals surface area contributed by atoms with E-state index in [0.717, 1.165) is 18.7 Å². The minimum atomic E-state index is -1.90. The van der Waals surface area contributed by atoms with Gasteiger partial charge in [0.1, 0.15) is 60.4 Å². The van der Waals surface area contributed by atoms with Crippen molar-refractivity contribution in [1.29, 1.82) is 10.8 Å². The normalized spacial score (nSPS) is 17.0. The number of nitrogens with zero attached hydrogens (tertiary/aromatic N) is 3. The predicted molar refractivity (Wildman–Crippen MR) is 383 cm³/mol. The van der Waals surface area contributed by atoms with Gasteiger partial charge in [-0.25, -0.2) is 9.78 Å². The Kier molecular flexibility index (Phi) is 38.4. The average Bonchev–Trinajstić information content (AvgIpc) is 1.72. The average molecular weight is 1510 g/mol. The molecule has 0 aliphatic carbocycles. The summed E-state index contributed by atoms with van der Waals surface area (Å²) in [4.78, 5) is 200. The van der Waals surface area contributed by atoms with Gasteiger partial charge in [0, 0.05) is 51.6 Å². The summed E-state index contributed by atoms with van der Waals surface area (Å²) in [5, 5.41) is 85.9. The fourth-order valence-electron chi connectivity index (χ4n) is 11.8. The highest BCUT2D eigenvalue weighted by molar-refractivity contribution is 6.00. The molecule has 41 nitrogen and oxygen atoms in total. The number of H-pyrrole nitrogens is 1. The molecule has 13 atom stereocenters. The van der Waals surface area contributed by atoms with Crippen LogP contribution in [0.4, 0.5) is 0 Å². The van der Waals surface area contributed by atoms with Gasteiger partial charge in [-0.05, 0) is 129 Å². The van der Waals surface area contributed by atoms with E-state index in [1.54, 1.807) is 30.3 Å². The number of aliphatic carboxylic acids is 2. The number of unbranched alkanes of at least 4 members (excludes halogenated alkanes) is 2. The predicted octanol–water partition coefficient (Wildman–Crippen LogP) is -7.89. The van der Waals surface area contributed by atoms with Gasteiger partial charge in [-0.2, -0.15) is 0 Å². The summed E-state index contributed by atoms with van der Waals surface area (Å²) in [7, 11) is 0. The number of aromatic amines is 1. The van der Waals surface area contributed by atoms with Crippen molar-refractivity contribution in [1.82, 2.24) is 83.6 Å². The largest absolute Gasteiger partial charge is 0.481 e. The van der Waals surface area contributed by atoms with Crippen LogP contribution < -0.4 is 92.5 Å². The third kappa shape index (κ3) is 31.1. The first kappa shape index (κ1) is 88.7. The van der Waals surface area contributed by atoms with Crippen LogP contribution in [0.5, 0.6) is 0 Å². The summed E-state index contributed by atoms with van der Waals surface area (Å²) in [5.74, 6) is -14.5. The molecule has 12 amide bonds. The molecule has 2 aliphatic heterocycles. The van der Waals surface area contributed by atoms with Crippen LogP contribution in [0.1, 0.15) is 128 Å². The van der Waals surface area contributed by atoms with Crippen molar-refractivity contribution in [3.63, 3.8) is 0 Å². The number of nitrogens with one attached hydrogen (secondary N) is 15. The molecule has 4 rings (SSSR count). The second-order valence-electron chi connectivity index (χ2n) is 26.1. The lowest BCUT2D eigenvalue weighted by Gasteiger charge is -2.33. The Labute approximate surface area is 617 Å². The molecular weight excluding hydrogens is 1400 g/mol. The molecule has 2 fully saturated rings. The van der Waals surface area contributed by atoms with Gasteiger partial charge in [0.25, 0.3) is 0 Å². The minimum Gasteiger partial charge on any atom is -0.481 e. The number of likely N-dealkylation sites (tertiary alicyclic amines) is 2. The molecule has 29 N–H and O–H groups in total. The number of carbonyl (C=O) groups is 14. The number of carbonyl (C=O) groups excluding carboxylic acids is 12. The van der Waals surface area contributed by atoms with E-state index in [1.165, 1.54) is 17.4 Å². The number of carboxylic acid groups (broad SMARTS) is 2.